The second-order valence-electron chi connectivity index (χ2n) is 3.97. The number of nitrogens with zero attached hydrogens (tertiary/aromatic N) is 1. The molecule has 1 aromatic carbocycles. The molecule has 6 nitrogen and oxygen atoms in total. The molecule has 0 aliphatic heterocycles. The summed E-state index contributed by atoms with van der Waals surface area (Å²) in [4.78, 5) is 15.6. The summed E-state index contributed by atoms with van der Waals surface area (Å²) in [5.41, 5.74) is 3.11. The predicted octanol–water partition coefficient (Wildman–Crippen LogP) is 1.25. The molecule has 0 unspecified atom stereocenters. The number of aliphatic hydroxyl groups excluding tert-OH is 1. The van der Waals surface area contributed by atoms with Gasteiger partial charge in [0.05, 0.1) is 12.2 Å². The Hall–Kier alpha value is -2.51. The highest BCUT2D eigenvalue weighted by molar-refractivity contribution is 6.04. The molecule has 0 saturated heterocycles. The lowest BCUT2D eigenvalue weighted by Gasteiger charge is -2.08. The van der Waals surface area contributed by atoms with Crippen molar-refractivity contribution >= 4 is 17.4 Å². The van der Waals surface area contributed by atoms with Gasteiger partial charge in [0.1, 0.15) is 0 Å². The topological polar surface area (TPSA) is 100 Å². The van der Waals surface area contributed by atoms with Crippen LogP contribution in [-0.2, 0) is 6.61 Å². The van der Waals surface area contributed by atoms with E-state index in [1.54, 1.807) is 24.3 Å². The van der Waals surface area contributed by atoms with Crippen molar-refractivity contribution in [1.29, 1.82) is 0 Å². The predicted molar refractivity (Wildman–Crippen MR) is 72.3 cm³/mol. The number of nitrogens with one attached hydrogen (secondary N) is 2. The number of carbonyl (C=O) groups excluding carboxylic acids is 1. The van der Waals surface area contributed by atoms with E-state index >= 15 is 0 Å². The number of anilines is 2. The molecular weight excluding hydrogens is 263 g/mol. The number of carbonyl (C=O) groups is 1. The van der Waals surface area contributed by atoms with E-state index in [1.807, 2.05) is 0 Å². The van der Waals surface area contributed by atoms with Crippen LogP contribution in [0.25, 0.3) is 0 Å². The zero-order valence-corrected chi connectivity index (χ0v) is 10.4. The van der Waals surface area contributed by atoms with Crippen LogP contribution < -0.4 is 16.6 Å². The number of aliphatic hydroxyl groups is 1. The number of nitrogens with two attached hydrogens (primary N) is 1. The molecule has 0 radical (unpaired) electrons. The molecule has 0 aliphatic rings. The van der Waals surface area contributed by atoms with E-state index in [-0.39, 0.29) is 18.0 Å². The maximum atomic E-state index is 13.8. The van der Waals surface area contributed by atoms with Crippen molar-refractivity contribution in [3.05, 3.63) is 53.5 Å². The lowest BCUT2D eigenvalue weighted by Crippen LogP contribution is -2.17. The standard InChI is InChI=1S/C13H13FN4O2/c14-11-10(5-6-16-12(11)18-15)13(20)17-9-3-1-8(7-19)2-4-9/h1-6,19H,7,15H2,(H,16,18)(H,17,20). The van der Waals surface area contributed by atoms with E-state index in [0.29, 0.717) is 11.3 Å². The number of rotatable bonds is 4. The number of aromatic nitrogens is 1. The van der Waals surface area contributed by atoms with Gasteiger partial charge < -0.3 is 15.8 Å². The Kier molecular flexibility index (Phi) is 4.24. The number of hydrazine groups is 1. The number of hydrogen-bond acceptors (Lipinski definition) is 5. The molecular formula is C13H13FN4O2. The Morgan fingerprint density at radius 3 is 2.60 bits per heavy atom. The quantitative estimate of drug-likeness (QED) is 0.497. The van der Waals surface area contributed by atoms with Crippen molar-refractivity contribution in [1.82, 2.24) is 4.98 Å². The highest BCUT2D eigenvalue weighted by Gasteiger charge is 2.15. The molecule has 2 aromatic rings. The van der Waals surface area contributed by atoms with Crippen LogP contribution in [0.4, 0.5) is 15.9 Å². The minimum absolute atomic E-state index is 0.0846. The smallest absolute Gasteiger partial charge is 0.258 e. The number of benzene rings is 1. The molecule has 20 heavy (non-hydrogen) atoms. The van der Waals surface area contributed by atoms with Gasteiger partial charge in [-0.25, -0.2) is 15.2 Å². The molecule has 1 aromatic heterocycles. The molecule has 7 heteroatoms. The Morgan fingerprint density at radius 1 is 1.30 bits per heavy atom. The summed E-state index contributed by atoms with van der Waals surface area (Å²) in [6.45, 7) is -0.0846. The number of nitrogen functional groups attached to an aromatic ring is 1. The van der Waals surface area contributed by atoms with Gasteiger partial charge in [-0.3, -0.25) is 4.79 Å². The van der Waals surface area contributed by atoms with Gasteiger partial charge in [-0.15, -0.1) is 0 Å². The number of pyridine rings is 1. The Balaban J connectivity index is 2.19. The van der Waals surface area contributed by atoms with Crippen molar-refractivity contribution in [2.45, 2.75) is 6.61 Å². The monoisotopic (exact) mass is 276 g/mol. The number of amides is 1. The summed E-state index contributed by atoms with van der Waals surface area (Å²) in [6.07, 6.45) is 1.28. The van der Waals surface area contributed by atoms with Gasteiger partial charge in [0.15, 0.2) is 11.6 Å². The van der Waals surface area contributed by atoms with Gasteiger partial charge in [-0.1, -0.05) is 12.1 Å². The van der Waals surface area contributed by atoms with Crippen LogP contribution in [-0.4, -0.2) is 16.0 Å². The van der Waals surface area contributed by atoms with Crippen LogP contribution in [0.1, 0.15) is 15.9 Å². The van der Waals surface area contributed by atoms with Gasteiger partial charge >= 0.3 is 0 Å². The Labute approximate surface area is 114 Å². The van der Waals surface area contributed by atoms with Crippen molar-refractivity contribution in [2.75, 3.05) is 10.7 Å². The van der Waals surface area contributed by atoms with Crippen LogP contribution in [0.2, 0.25) is 0 Å². The third-order valence-electron chi connectivity index (χ3n) is 2.66. The molecule has 1 heterocycles. The SMILES string of the molecule is NNc1nccc(C(=O)Nc2ccc(CO)cc2)c1F. The molecule has 104 valence electrons. The third-order valence-corrected chi connectivity index (χ3v) is 2.66. The van der Waals surface area contributed by atoms with E-state index in [4.69, 9.17) is 10.9 Å². The van der Waals surface area contributed by atoms with Crippen LogP contribution >= 0.6 is 0 Å². The summed E-state index contributed by atoms with van der Waals surface area (Å²) in [7, 11) is 0. The van der Waals surface area contributed by atoms with Crippen LogP contribution in [0.5, 0.6) is 0 Å². The first-order valence-corrected chi connectivity index (χ1v) is 5.78. The summed E-state index contributed by atoms with van der Waals surface area (Å²) >= 11 is 0. The maximum absolute atomic E-state index is 13.8. The zero-order chi connectivity index (χ0) is 14.5. The lowest BCUT2D eigenvalue weighted by molar-refractivity contribution is 0.102. The van der Waals surface area contributed by atoms with E-state index in [9.17, 15) is 9.18 Å². The van der Waals surface area contributed by atoms with E-state index in [0.717, 1.165) is 0 Å². The molecule has 0 atom stereocenters. The van der Waals surface area contributed by atoms with Gasteiger partial charge in [0, 0.05) is 11.9 Å². The fourth-order valence-corrected chi connectivity index (χ4v) is 1.61. The highest BCUT2D eigenvalue weighted by Crippen LogP contribution is 2.16. The molecule has 0 fully saturated rings. The summed E-state index contributed by atoms with van der Waals surface area (Å²) in [6, 6.07) is 7.81. The average Bonchev–Trinajstić information content (AvgIpc) is 2.48. The summed E-state index contributed by atoms with van der Waals surface area (Å²) < 4.78 is 13.8. The van der Waals surface area contributed by atoms with Gasteiger partial charge in [-0.2, -0.15) is 0 Å². The summed E-state index contributed by atoms with van der Waals surface area (Å²) in [5.74, 6) is 3.46. The third kappa shape index (κ3) is 2.90. The molecule has 0 saturated carbocycles. The molecule has 0 spiro atoms. The normalized spacial score (nSPS) is 10.2. The second-order valence-corrected chi connectivity index (χ2v) is 3.97. The highest BCUT2D eigenvalue weighted by atomic mass is 19.1. The minimum Gasteiger partial charge on any atom is -0.392 e. The van der Waals surface area contributed by atoms with Crippen molar-refractivity contribution < 1.29 is 14.3 Å². The number of halogens is 1. The van der Waals surface area contributed by atoms with E-state index < -0.39 is 11.7 Å². The van der Waals surface area contributed by atoms with Crippen molar-refractivity contribution in [2.24, 2.45) is 5.84 Å². The first-order valence-electron chi connectivity index (χ1n) is 5.78. The lowest BCUT2D eigenvalue weighted by atomic mass is 10.2. The maximum Gasteiger partial charge on any atom is 0.258 e. The first-order chi connectivity index (χ1) is 9.65. The second kappa shape index (κ2) is 6.09. The van der Waals surface area contributed by atoms with Crippen molar-refractivity contribution in [3.63, 3.8) is 0 Å². The van der Waals surface area contributed by atoms with E-state index in [2.05, 4.69) is 15.7 Å². The largest absolute Gasteiger partial charge is 0.392 e. The zero-order valence-electron chi connectivity index (χ0n) is 10.4. The molecule has 5 N–H and O–H groups in total. The fourth-order valence-electron chi connectivity index (χ4n) is 1.61. The van der Waals surface area contributed by atoms with Crippen LogP contribution in [0.15, 0.2) is 36.5 Å². The Bertz CT molecular complexity index is 616. The van der Waals surface area contributed by atoms with E-state index in [1.165, 1.54) is 12.3 Å². The summed E-state index contributed by atoms with van der Waals surface area (Å²) in [5, 5.41) is 11.5. The number of hydrogen-bond donors (Lipinski definition) is 4. The molecule has 0 aliphatic carbocycles. The molecule has 1 amide bonds. The van der Waals surface area contributed by atoms with Crippen LogP contribution in [0, 0.1) is 5.82 Å². The fraction of sp³-hybridized carbons (Fsp3) is 0.0769. The minimum atomic E-state index is -0.820. The first kappa shape index (κ1) is 13.9. The van der Waals surface area contributed by atoms with Crippen LogP contribution in [0.3, 0.4) is 0 Å². The van der Waals surface area contributed by atoms with Gasteiger partial charge in [0.25, 0.3) is 5.91 Å². The molecule has 0 bridgehead atoms. The molecule has 2 rings (SSSR count). The van der Waals surface area contributed by atoms with Gasteiger partial charge in [-0.05, 0) is 23.8 Å². The Morgan fingerprint density at radius 2 is 2.00 bits per heavy atom. The van der Waals surface area contributed by atoms with Crippen molar-refractivity contribution in [3.8, 4) is 0 Å². The van der Waals surface area contributed by atoms with Gasteiger partial charge in [0.2, 0.25) is 0 Å². The average molecular weight is 276 g/mol.